The molecule has 1 aromatic heterocycles. The first kappa shape index (κ1) is 35.7. The maximum atomic E-state index is 14.1. The number of methoxy groups -OCH3 is 1. The molecule has 1 aliphatic heterocycles. The van der Waals surface area contributed by atoms with Gasteiger partial charge in [0.15, 0.2) is 27.8 Å². The van der Waals surface area contributed by atoms with E-state index in [0.29, 0.717) is 45.1 Å². The van der Waals surface area contributed by atoms with Crippen LogP contribution in [0.15, 0.2) is 74.6 Å². The summed E-state index contributed by atoms with van der Waals surface area (Å²) >= 11 is 4.54. The first-order valence-corrected chi connectivity index (χ1v) is 16.7. The number of fused-ring (bicyclic) bond motifs is 1. The predicted octanol–water partition coefficient (Wildman–Crippen LogP) is 5.59. The lowest BCUT2D eigenvalue weighted by Crippen LogP contribution is -2.39. The fourth-order valence-corrected chi connectivity index (χ4v) is 6.64. The average Bonchev–Trinajstić information content (AvgIpc) is 3.40. The van der Waals surface area contributed by atoms with E-state index in [2.05, 4.69) is 20.9 Å². The quantitative estimate of drug-likeness (QED) is 0.0939. The van der Waals surface area contributed by atoms with Gasteiger partial charge in [0.1, 0.15) is 0 Å². The number of hydrogen-bond acceptors (Lipinski definition) is 13. The molecule has 5 rings (SSSR count). The number of esters is 1. The van der Waals surface area contributed by atoms with Gasteiger partial charge in [0.25, 0.3) is 11.2 Å². The van der Waals surface area contributed by atoms with Gasteiger partial charge in [-0.3, -0.25) is 29.6 Å². The van der Waals surface area contributed by atoms with Crippen molar-refractivity contribution in [3.63, 3.8) is 0 Å². The summed E-state index contributed by atoms with van der Waals surface area (Å²) in [5.74, 6) is 0.314. The van der Waals surface area contributed by atoms with Crippen LogP contribution in [0.1, 0.15) is 37.9 Å². The fourth-order valence-electron chi connectivity index (χ4n) is 5.13. The smallest absolute Gasteiger partial charge is 0.337 e. The molecule has 0 saturated carbocycles. The lowest BCUT2D eigenvalue weighted by atomic mass is 9.97. The van der Waals surface area contributed by atoms with Crippen molar-refractivity contribution in [2.45, 2.75) is 26.8 Å². The molecule has 260 valence electrons. The number of carbonyl (C=O) groups is 1. The van der Waals surface area contributed by atoms with Crippen LogP contribution in [0.3, 0.4) is 0 Å². The van der Waals surface area contributed by atoms with Gasteiger partial charge in [0.2, 0.25) is 5.75 Å². The second-order valence-electron chi connectivity index (χ2n) is 10.3. The summed E-state index contributed by atoms with van der Waals surface area (Å²) in [4.78, 5) is 53.1. The molecule has 1 atom stereocenters. The van der Waals surface area contributed by atoms with Gasteiger partial charge in [-0.1, -0.05) is 17.4 Å². The highest BCUT2D eigenvalue weighted by molar-refractivity contribution is 9.10. The summed E-state index contributed by atoms with van der Waals surface area (Å²) in [6.07, 6.45) is 2.99. The Hall–Kier alpha value is -5.55. The van der Waals surface area contributed by atoms with Crippen LogP contribution in [-0.4, -0.2) is 47.3 Å². The van der Waals surface area contributed by atoms with E-state index in [9.17, 15) is 29.8 Å². The van der Waals surface area contributed by atoms with Gasteiger partial charge in [-0.25, -0.2) is 9.79 Å². The number of rotatable bonds is 13. The monoisotopic (exact) mass is 768 g/mol. The van der Waals surface area contributed by atoms with Gasteiger partial charge in [-0.05, 0) is 84.2 Å². The van der Waals surface area contributed by atoms with Crippen molar-refractivity contribution < 1.29 is 38.3 Å². The third-order valence-corrected chi connectivity index (χ3v) is 8.79. The molecular weight excluding hydrogens is 740 g/mol. The largest absolute Gasteiger partial charge is 0.490 e. The van der Waals surface area contributed by atoms with Crippen molar-refractivity contribution in [1.29, 1.82) is 0 Å². The Labute approximate surface area is 296 Å². The summed E-state index contributed by atoms with van der Waals surface area (Å²) in [5, 5.41) is 22.9. The topological polar surface area (TPSA) is 184 Å². The zero-order valence-electron chi connectivity index (χ0n) is 27.0. The highest BCUT2D eigenvalue weighted by Gasteiger charge is 2.32. The zero-order valence-corrected chi connectivity index (χ0v) is 29.4. The maximum Gasteiger partial charge on any atom is 0.337 e. The first-order chi connectivity index (χ1) is 24.0. The molecule has 15 nitrogen and oxygen atoms in total. The zero-order chi connectivity index (χ0) is 36.1. The molecule has 0 bridgehead atoms. The van der Waals surface area contributed by atoms with E-state index in [1.807, 2.05) is 13.8 Å². The number of nitrogens with zero attached hydrogens (tertiary/aromatic N) is 4. The Bertz CT molecular complexity index is 2210. The number of nitro groups is 2. The second kappa shape index (κ2) is 15.3. The molecule has 0 amide bonds. The molecule has 3 aromatic carbocycles. The third kappa shape index (κ3) is 7.23. The van der Waals surface area contributed by atoms with Gasteiger partial charge in [0.05, 0.1) is 63.5 Å². The summed E-state index contributed by atoms with van der Waals surface area (Å²) in [7, 11) is 1.25. The van der Waals surface area contributed by atoms with Crippen molar-refractivity contribution >= 4 is 50.7 Å². The van der Waals surface area contributed by atoms with Crippen LogP contribution in [0.25, 0.3) is 6.08 Å². The normalized spacial score (nSPS) is 13.8. The van der Waals surface area contributed by atoms with Crippen LogP contribution in [-0.2, 0) is 9.53 Å². The maximum absolute atomic E-state index is 14.1. The minimum Gasteiger partial charge on any atom is -0.490 e. The molecule has 0 aliphatic carbocycles. The standard InChI is InChI=1S/C33H29BrN4O11S/c1-5-46-25-10-8-19(15-26(25)47-6-2)29-21(32(40)45-4)17-35-33-36(29)31(39)28(50-33)14-18-12-22(34)30(27(13-18)48-7-3)49-24-11-9-20(37(41)42)16-23(24)38(43)44/h8-17,29H,5-7H2,1-4H3/b28-14+/t29-/m1/s1. The summed E-state index contributed by atoms with van der Waals surface area (Å²) < 4.78 is 30.2. The van der Waals surface area contributed by atoms with Gasteiger partial charge in [-0.2, -0.15) is 0 Å². The Balaban J connectivity index is 1.61. The molecule has 0 N–H and O–H groups in total. The van der Waals surface area contributed by atoms with Crippen molar-refractivity contribution in [2.75, 3.05) is 26.9 Å². The molecule has 0 fully saturated rings. The number of aromatic nitrogens is 1. The molecule has 0 radical (unpaired) electrons. The predicted molar refractivity (Wildman–Crippen MR) is 185 cm³/mol. The van der Waals surface area contributed by atoms with Crippen LogP contribution in [0.4, 0.5) is 11.4 Å². The Morgan fingerprint density at radius 3 is 2.28 bits per heavy atom. The van der Waals surface area contributed by atoms with E-state index < -0.39 is 38.8 Å². The minimum atomic E-state index is -0.894. The number of non-ortho nitro benzene ring substituents is 1. The van der Waals surface area contributed by atoms with Gasteiger partial charge < -0.3 is 23.7 Å². The van der Waals surface area contributed by atoms with Crippen molar-refractivity contribution in [3.8, 4) is 28.7 Å². The second-order valence-corrected chi connectivity index (χ2v) is 12.1. The van der Waals surface area contributed by atoms with E-state index in [1.165, 1.54) is 17.9 Å². The molecule has 4 aromatic rings. The number of benzene rings is 3. The molecule has 2 heterocycles. The van der Waals surface area contributed by atoms with E-state index in [1.54, 1.807) is 43.3 Å². The molecular formula is C33H29BrN4O11S. The summed E-state index contributed by atoms with van der Waals surface area (Å²) in [6, 6.07) is 10.5. The number of hydrogen-bond donors (Lipinski definition) is 0. The van der Waals surface area contributed by atoms with Crippen LogP contribution >= 0.6 is 27.3 Å². The van der Waals surface area contributed by atoms with E-state index in [4.69, 9.17) is 23.7 Å². The Morgan fingerprint density at radius 1 is 0.940 bits per heavy atom. The van der Waals surface area contributed by atoms with Crippen LogP contribution in [0.2, 0.25) is 0 Å². The van der Waals surface area contributed by atoms with Crippen LogP contribution in [0, 0.1) is 20.2 Å². The average molecular weight is 770 g/mol. The van der Waals surface area contributed by atoms with Gasteiger partial charge >= 0.3 is 11.7 Å². The van der Waals surface area contributed by atoms with Crippen LogP contribution < -0.4 is 33.8 Å². The molecule has 17 heteroatoms. The number of halogens is 1. The first-order valence-electron chi connectivity index (χ1n) is 15.1. The highest BCUT2D eigenvalue weighted by Crippen LogP contribution is 2.43. The number of carbonyl (C=O) groups excluding carboxylic acids is 1. The Morgan fingerprint density at radius 2 is 1.62 bits per heavy atom. The van der Waals surface area contributed by atoms with Crippen molar-refractivity contribution in [2.24, 2.45) is 4.99 Å². The van der Waals surface area contributed by atoms with Crippen molar-refractivity contribution in [3.05, 3.63) is 116 Å². The molecule has 1 aliphatic rings. The molecule has 0 saturated heterocycles. The highest BCUT2D eigenvalue weighted by atomic mass is 79.9. The summed E-state index contributed by atoms with van der Waals surface area (Å²) in [6.45, 7) is 6.37. The van der Waals surface area contributed by atoms with E-state index >= 15 is 0 Å². The molecule has 0 unspecified atom stereocenters. The van der Waals surface area contributed by atoms with E-state index in [-0.39, 0.29) is 34.0 Å². The number of thiazole rings is 1. The van der Waals surface area contributed by atoms with Gasteiger partial charge in [-0.15, -0.1) is 0 Å². The van der Waals surface area contributed by atoms with Gasteiger partial charge in [0, 0.05) is 12.3 Å². The van der Waals surface area contributed by atoms with E-state index in [0.717, 1.165) is 29.5 Å². The van der Waals surface area contributed by atoms with Crippen molar-refractivity contribution in [1.82, 2.24) is 4.57 Å². The Kier molecular flexibility index (Phi) is 11.0. The third-order valence-electron chi connectivity index (χ3n) is 7.20. The van der Waals surface area contributed by atoms with Crippen LogP contribution in [0.5, 0.6) is 28.7 Å². The lowest BCUT2D eigenvalue weighted by Gasteiger charge is -2.23. The number of ether oxygens (including phenoxy) is 5. The fraction of sp³-hybridized carbons (Fsp3) is 0.242. The molecule has 50 heavy (non-hydrogen) atoms. The number of nitro benzene ring substituents is 2. The minimum absolute atomic E-state index is 0.0748. The SMILES string of the molecule is CCOc1ccc([C@@H]2C(C(=O)OC)=CN=c3s/c(=C/c4cc(Br)c(Oc5ccc([N+](=O)[O-])cc5[N+](=O)[O-])c(OCC)c4)c(=O)n32)cc1OCC. The molecule has 0 spiro atoms. The summed E-state index contributed by atoms with van der Waals surface area (Å²) in [5.41, 5.74) is -0.306. The lowest BCUT2D eigenvalue weighted by molar-refractivity contribution is -0.394.